The summed E-state index contributed by atoms with van der Waals surface area (Å²) in [6, 6.07) is 6.99. The number of rotatable bonds is 5. The molecule has 0 fully saturated rings. The molecule has 10 heteroatoms. The summed E-state index contributed by atoms with van der Waals surface area (Å²) >= 11 is 8.46. The van der Waals surface area contributed by atoms with Gasteiger partial charge >= 0.3 is 5.69 Å². The number of thiazole rings is 1. The van der Waals surface area contributed by atoms with Gasteiger partial charge in [0.05, 0.1) is 10.6 Å². The first kappa shape index (κ1) is 17.6. The van der Waals surface area contributed by atoms with Gasteiger partial charge in [0, 0.05) is 14.8 Å². The smallest absolute Gasteiger partial charge is 0.310 e. The molecule has 0 saturated carbocycles. The second kappa shape index (κ2) is 7.34. The second-order valence-electron chi connectivity index (χ2n) is 4.97. The number of aromatic nitrogens is 3. The highest BCUT2D eigenvalue weighted by Gasteiger charge is 2.24. The molecule has 2 aromatic heterocycles. The topological polar surface area (TPSA) is 93.8 Å². The summed E-state index contributed by atoms with van der Waals surface area (Å²) in [7, 11) is 0. The Bertz CT molecular complexity index is 911. The van der Waals surface area contributed by atoms with E-state index in [4.69, 9.17) is 11.6 Å². The van der Waals surface area contributed by atoms with Crippen LogP contribution in [-0.2, 0) is 0 Å². The molecule has 0 radical (unpaired) electrons. The van der Waals surface area contributed by atoms with Gasteiger partial charge in [0.1, 0.15) is 6.33 Å². The Kier molecular flexibility index (Phi) is 5.16. The molecule has 0 spiro atoms. The van der Waals surface area contributed by atoms with Gasteiger partial charge in [-0.05, 0) is 38.1 Å². The minimum atomic E-state index is -0.492. The van der Waals surface area contributed by atoms with Gasteiger partial charge in [-0.1, -0.05) is 23.4 Å². The summed E-state index contributed by atoms with van der Waals surface area (Å²) in [5, 5.41) is 15.9. The summed E-state index contributed by atoms with van der Waals surface area (Å²) in [5.74, 6) is 0.116. The zero-order valence-corrected chi connectivity index (χ0v) is 15.6. The zero-order valence-electron chi connectivity index (χ0n) is 13.2. The number of benzene rings is 1. The van der Waals surface area contributed by atoms with Crippen molar-refractivity contribution in [3.8, 4) is 0 Å². The van der Waals surface area contributed by atoms with Gasteiger partial charge in [-0.2, -0.15) is 0 Å². The quantitative estimate of drug-likeness (QED) is 0.370. The molecule has 25 heavy (non-hydrogen) atoms. The Morgan fingerprint density at radius 1 is 1.24 bits per heavy atom. The van der Waals surface area contributed by atoms with E-state index in [0.29, 0.717) is 10.2 Å². The molecule has 1 N–H and O–H groups in total. The van der Waals surface area contributed by atoms with Crippen LogP contribution >= 0.6 is 34.7 Å². The number of anilines is 2. The van der Waals surface area contributed by atoms with Crippen molar-refractivity contribution < 1.29 is 4.92 Å². The lowest BCUT2D eigenvalue weighted by atomic mass is 10.4. The van der Waals surface area contributed by atoms with Crippen molar-refractivity contribution in [3.05, 3.63) is 56.3 Å². The third kappa shape index (κ3) is 4.06. The van der Waals surface area contributed by atoms with Crippen LogP contribution in [0.1, 0.15) is 10.6 Å². The van der Waals surface area contributed by atoms with Crippen molar-refractivity contribution >= 4 is 51.3 Å². The summed E-state index contributed by atoms with van der Waals surface area (Å²) < 4.78 is 0. The Morgan fingerprint density at radius 3 is 2.56 bits per heavy atom. The summed E-state index contributed by atoms with van der Waals surface area (Å²) in [5.41, 5.74) is 0.688. The Morgan fingerprint density at radius 2 is 1.96 bits per heavy atom. The number of halogens is 1. The third-order valence-corrected chi connectivity index (χ3v) is 5.49. The Balaban J connectivity index is 1.96. The van der Waals surface area contributed by atoms with Crippen LogP contribution in [0, 0.1) is 24.0 Å². The van der Waals surface area contributed by atoms with Crippen LogP contribution in [0.25, 0.3) is 0 Å². The standard InChI is InChI=1S/C15H12ClN5O2S2/c1-8-9(2)24-15(19-8)20-13-12(21(22)23)14(18-7-17-13)25-11-5-3-10(16)4-6-11/h3-7H,1-2H3,(H,17,18,19,20). The van der Waals surface area contributed by atoms with Crippen molar-refractivity contribution in [1.29, 1.82) is 0 Å². The van der Waals surface area contributed by atoms with E-state index in [2.05, 4.69) is 20.3 Å². The largest absolute Gasteiger partial charge is 0.344 e. The van der Waals surface area contributed by atoms with Crippen LogP contribution in [0.2, 0.25) is 5.02 Å². The molecule has 7 nitrogen and oxygen atoms in total. The third-order valence-electron chi connectivity index (χ3n) is 3.25. The van der Waals surface area contributed by atoms with E-state index < -0.39 is 4.92 Å². The maximum absolute atomic E-state index is 11.6. The van der Waals surface area contributed by atoms with E-state index in [9.17, 15) is 10.1 Å². The number of aryl methyl sites for hydroxylation is 2. The summed E-state index contributed by atoms with van der Waals surface area (Å²) in [6.45, 7) is 3.82. The van der Waals surface area contributed by atoms with Crippen molar-refractivity contribution in [2.24, 2.45) is 0 Å². The fourth-order valence-electron chi connectivity index (χ4n) is 1.94. The van der Waals surface area contributed by atoms with Crippen LogP contribution in [0.5, 0.6) is 0 Å². The number of nitrogens with zero attached hydrogens (tertiary/aromatic N) is 4. The van der Waals surface area contributed by atoms with Crippen LogP contribution in [0.4, 0.5) is 16.6 Å². The number of hydrogen-bond donors (Lipinski definition) is 1. The average molecular weight is 394 g/mol. The zero-order chi connectivity index (χ0) is 18.0. The molecule has 0 amide bonds. The Labute approximate surface area is 156 Å². The number of hydrogen-bond acceptors (Lipinski definition) is 8. The van der Waals surface area contributed by atoms with E-state index in [1.807, 2.05) is 13.8 Å². The maximum atomic E-state index is 11.6. The fraction of sp³-hybridized carbons (Fsp3) is 0.133. The van der Waals surface area contributed by atoms with Gasteiger partial charge in [-0.15, -0.1) is 11.3 Å². The molecule has 3 rings (SSSR count). The van der Waals surface area contributed by atoms with E-state index in [1.54, 1.807) is 24.3 Å². The monoisotopic (exact) mass is 393 g/mol. The molecule has 128 valence electrons. The van der Waals surface area contributed by atoms with Crippen LogP contribution in [-0.4, -0.2) is 19.9 Å². The predicted octanol–water partition coefficient (Wildman–Crippen LogP) is 5.01. The van der Waals surface area contributed by atoms with Crippen LogP contribution in [0.3, 0.4) is 0 Å². The van der Waals surface area contributed by atoms with Crippen LogP contribution < -0.4 is 5.32 Å². The van der Waals surface area contributed by atoms with Crippen molar-refractivity contribution in [2.75, 3.05) is 5.32 Å². The number of nitro groups is 1. The van der Waals surface area contributed by atoms with E-state index in [1.165, 1.54) is 29.4 Å². The molecular formula is C15H12ClN5O2S2. The SMILES string of the molecule is Cc1nc(Nc2ncnc(Sc3ccc(Cl)cc3)c2[N+](=O)[O-])sc1C. The predicted molar refractivity (Wildman–Crippen MR) is 99.1 cm³/mol. The molecule has 0 saturated heterocycles. The molecule has 2 heterocycles. The van der Waals surface area contributed by atoms with Gasteiger partial charge in [-0.25, -0.2) is 15.0 Å². The molecule has 0 unspecified atom stereocenters. The minimum Gasteiger partial charge on any atom is -0.310 e. The van der Waals surface area contributed by atoms with Gasteiger partial charge < -0.3 is 5.32 Å². The lowest BCUT2D eigenvalue weighted by molar-refractivity contribution is -0.387. The molecule has 0 atom stereocenters. The fourth-order valence-corrected chi connectivity index (χ4v) is 3.74. The average Bonchev–Trinajstić information content (AvgIpc) is 2.87. The van der Waals surface area contributed by atoms with Crippen molar-refractivity contribution in [1.82, 2.24) is 15.0 Å². The molecular weight excluding hydrogens is 382 g/mol. The highest BCUT2D eigenvalue weighted by atomic mass is 35.5. The molecule has 1 aromatic carbocycles. The van der Waals surface area contributed by atoms with E-state index in [0.717, 1.165) is 15.5 Å². The summed E-state index contributed by atoms with van der Waals surface area (Å²) in [6.07, 6.45) is 1.29. The lowest BCUT2D eigenvalue weighted by Crippen LogP contribution is -2.02. The first-order chi connectivity index (χ1) is 11.9. The molecule has 0 aliphatic rings. The van der Waals surface area contributed by atoms with Gasteiger partial charge in [0.2, 0.25) is 5.82 Å². The van der Waals surface area contributed by atoms with Crippen LogP contribution in [0.15, 0.2) is 40.5 Å². The second-order valence-corrected chi connectivity index (χ2v) is 7.68. The molecule has 0 aliphatic carbocycles. The first-order valence-electron chi connectivity index (χ1n) is 7.08. The van der Waals surface area contributed by atoms with Crippen molar-refractivity contribution in [3.63, 3.8) is 0 Å². The van der Waals surface area contributed by atoms with E-state index >= 15 is 0 Å². The molecule has 0 aliphatic heterocycles. The van der Waals surface area contributed by atoms with Crippen molar-refractivity contribution in [2.45, 2.75) is 23.8 Å². The van der Waals surface area contributed by atoms with Gasteiger partial charge in [0.15, 0.2) is 10.2 Å². The first-order valence-corrected chi connectivity index (χ1v) is 9.09. The van der Waals surface area contributed by atoms with Gasteiger partial charge in [-0.3, -0.25) is 10.1 Å². The highest BCUT2D eigenvalue weighted by Crippen LogP contribution is 2.38. The molecule has 3 aromatic rings. The lowest BCUT2D eigenvalue weighted by Gasteiger charge is -2.06. The number of nitrogens with one attached hydrogen (secondary N) is 1. The summed E-state index contributed by atoms with van der Waals surface area (Å²) in [4.78, 5) is 25.3. The molecule has 0 bridgehead atoms. The van der Waals surface area contributed by atoms with Gasteiger partial charge in [0.25, 0.3) is 0 Å². The highest BCUT2D eigenvalue weighted by molar-refractivity contribution is 7.99. The Hall–Kier alpha value is -2.23. The van der Waals surface area contributed by atoms with E-state index in [-0.39, 0.29) is 16.5 Å². The minimum absolute atomic E-state index is 0.116. The maximum Gasteiger partial charge on any atom is 0.344 e. The normalized spacial score (nSPS) is 10.7.